The van der Waals surface area contributed by atoms with E-state index in [0.717, 1.165) is 19.6 Å². The van der Waals surface area contributed by atoms with Gasteiger partial charge in [-0.1, -0.05) is 42.5 Å². The zero-order valence-corrected chi connectivity index (χ0v) is 12.5. The molecule has 1 aliphatic heterocycles. The summed E-state index contributed by atoms with van der Waals surface area (Å²) in [6, 6.07) is 11.4. The second-order valence-electron chi connectivity index (χ2n) is 5.74. The van der Waals surface area contributed by atoms with Crippen molar-refractivity contribution >= 4 is 17.2 Å². The first-order valence-corrected chi connectivity index (χ1v) is 7.87. The quantitative estimate of drug-likeness (QED) is 0.865. The van der Waals surface area contributed by atoms with Gasteiger partial charge in [0.25, 0.3) is 0 Å². The van der Waals surface area contributed by atoms with Gasteiger partial charge in [-0.3, -0.25) is 4.90 Å². The molecule has 1 saturated heterocycles. The van der Waals surface area contributed by atoms with Crippen LogP contribution >= 0.6 is 12.2 Å². The van der Waals surface area contributed by atoms with Gasteiger partial charge in [-0.15, -0.1) is 0 Å². The van der Waals surface area contributed by atoms with E-state index < -0.39 is 0 Å². The number of nitrogens with two attached hydrogens (primary N) is 1. The Morgan fingerprint density at radius 1 is 1.35 bits per heavy atom. The van der Waals surface area contributed by atoms with E-state index in [4.69, 9.17) is 22.7 Å². The van der Waals surface area contributed by atoms with E-state index in [9.17, 15) is 0 Å². The molecule has 108 valence electrons. The summed E-state index contributed by atoms with van der Waals surface area (Å²) in [5.41, 5.74) is 7.16. The lowest BCUT2D eigenvalue weighted by molar-refractivity contribution is -0.0714. The van der Waals surface area contributed by atoms with E-state index in [1.807, 2.05) is 0 Å². The molecule has 1 saturated carbocycles. The molecule has 1 aromatic carbocycles. The summed E-state index contributed by atoms with van der Waals surface area (Å²) < 4.78 is 5.92. The first-order valence-electron chi connectivity index (χ1n) is 7.46. The molecule has 0 spiro atoms. The maximum Gasteiger partial charge on any atom is 0.0746 e. The standard InChI is InChI=1S/C16H22N2OS/c17-16(20)11-14(12-5-2-1-3-6-12)18-9-10-19-15-8-4-7-13(15)18/h1-3,5-6,13-15H,4,7-11H2,(H2,17,20). The van der Waals surface area contributed by atoms with Crippen molar-refractivity contribution in [3.05, 3.63) is 35.9 Å². The van der Waals surface area contributed by atoms with Crippen molar-refractivity contribution in [2.45, 2.75) is 43.9 Å². The lowest BCUT2D eigenvalue weighted by Crippen LogP contribution is -2.50. The first kappa shape index (κ1) is 14.0. The predicted octanol–water partition coefficient (Wildman–Crippen LogP) is 2.66. The van der Waals surface area contributed by atoms with Crippen LogP contribution < -0.4 is 5.73 Å². The maximum atomic E-state index is 5.92. The van der Waals surface area contributed by atoms with Gasteiger partial charge in [0.1, 0.15) is 0 Å². The van der Waals surface area contributed by atoms with Crippen LogP contribution in [0.2, 0.25) is 0 Å². The molecule has 1 aliphatic carbocycles. The Hall–Kier alpha value is -0.970. The van der Waals surface area contributed by atoms with E-state index in [1.165, 1.54) is 24.8 Å². The Balaban J connectivity index is 1.86. The average molecular weight is 290 g/mol. The number of rotatable bonds is 4. The highest BCUT2D eigenvalue weighted by molar-refractivity contribution is 7.80. The number of ether oxygens (including phenoxy) is 1. The van der Waals surface area contributed by atoms with Crippen molar-refractivity contribution in [3.63, 3.8) is 0 Å². The molecule has 3 rings (SSSR count). The van der Waals surface area contributed by atoms with Crippen LogP contribution in [0.3, 0.4) is 0 Å². The largest absolute Gasteiger partial charge is 0.393 e. The normalized spacial score (nSPS) is 28.0. The molecule has 2 aliphatic rings. The Morgan fingerprint density at radius 3 is 2.90 bits per heavy atom. The van der Waals surface area contributed by atoms with Crippen LogP contribution in [0.4, 0.5) is 0 Å². The molecular formula is C16H22N2OS. The fraction of sp³-hybridized carbons (Fsp3) is 0.562. The summed E-state index contributed by atoms with van der Waals surface area (Å²) in [6.07, 6.45) is 4.84. The molecule has 3 atom stereocenters. The number of hydrogen-bond donors (Lipinski definition) is 1. The molecule has 2 fully saturated rings. The SMILES string of the molecule is NC(=S)CC(c1ccccc1)N1CCOC2CCCC21. The molecule has 3 nitrogen and oxygen atoms in total. The lowest BCUT2D eigenvalue weighted by Gasteiger charge is -2.42. The third kappa shape index (κ3) is 2.87. The van der Waals surface area contributed by atoms with Gasteiger partial charge in [-0.2, -0.15) is 0 Å². The van der Waals surface area contributed by atoms with Crippen LogP contribution in [0.1, 0.15) is 37.3 Å². The molecule has 20 heavy (non-hydrogen) atoms. The summed E-state index contributed by atoms with van der Waals surface area (Å²) in [5.74, 6) is 0. The van der Waals surface area contributed by atoms with Crippen LogP contribution in [0, 0.1) is 0 Å². The summed E-state index contributed by atoms with van der Waals surface area (Å²) in [7, 11) is 0. The van der Waals surface area contributed by atoms with Gasteiger partial charge in [0.15, 0.2) is 0 Å². The second kappa shape index (κ2) is 6.20. The van der Waals surface area contributed by atoms with Gasteiger partial charge >= 0.3 is 0 Å². The molecule has 2 N–H and O–H groups in total. The van der Waals surface area contributed by atoms with Crippen LogP contribution in [0.25, 0.3) is 0 Å². The molecular weight excluding hydrogens is 268 g/mol. The highest BCUT2D eigenvalue weighted by Gasteiger charge is 2.39. The molecule has 1 heterocycles. The number of nitrogens with zero attached hydrogens (tertiary/aromatic N) is 1. The Morgan fingerprint density at radius 2 is 2.15 bits per heavy atom. The highest BCUT2D eigenvalue weighted by atomic mass is 32.1. The molecule has 0 aromatic heterocycles. The van der Waals surface area contributed by atoms with Crippen LogP contribution in [0.15, 0.2) is 30.3 Å². The zero-order chi connectivity index (χ0) is 13.9. The Kier molecular flexibility index (Phi) is 4.34. The molecule has 0 amide bonds. The van der Waals surface area contributed by atoms with E-state index in [-0.39, 0.29) is 0 Å². The first-order chi connectivity index (χ1) is 9.75. The van der Waals surface area contributed by atoms with E-state index in [2.05, 4.69) is 35.2 Å². The smallest absolute Gasteiger partial charge is 0.0746 e. The lowest BCUT2D eigenvalue weighted by atomic mass is 9.98. The number of hydrogen-bond acceptors (Lipinski definition) is 3. The van der Waals surface area contributed by atoms with E-state index >= 15 is 0 Å². The highest BCUT2D eigenvalue weighted by Crippen LogP contribution is 2.36. The van der Waals surface area contributed by atoms with Crippen molar-refractivity contribution < 1.29 is 4.74 Å². The number of benzene rings is 1. The second-order valence-corrected chi connectivity index (χ2v) is 6.27. The van der Waals surface area contributed by atoms with E-state index in [0.29, 0.717) is 23.2 Å². The molecule has 1 aromatic rings. The van der Waals surface area contributed by atoms with Crippen molar-refractivity contribution in [3.8, 4) is 0 Å². The van der Waals surface area contributed by atoms with Crippen molar-refractivity contribution in [1.29, 1.82) is 0 Å². The average Bonchev–Trinajstić information content (AvgIpc) is 2.94. The molecule has 0 bridgehead atoms. The van der Waals surface area contributed by atoms with Crippen LogP contribution in [0.5, 0.6) is 0 Å². The van der Waals surface area contributed by atoms with Gasteiger partial charge in [-0.05, 0) is 24.8 Å². The summed E-state index contributed by atoms with van der Waals surface area (Å²) in [5, 5.41) is 0. The fourth-order valence-corrected chi connectivity index (χ4v) is 3.79. The minimum absolute atomic E-state index is 0.295. The monoisotopic (exact) mass is 290 g/mol. The van der Waals surface area contributed by atoms with Gasteiger partial charge in [0.05, 0.1) is 17.7 Å². The van der Waals surface area contributed by atoms with Crippen molar-refractivity contribution in [2.24, 2.45) is 5.73 Å². The number of morpholine rings is 1. The van der Waals surface area contributed by atoms with Crippen LogP contribution in [-0.4, -0.2) is 35.2 Å². The molecule has 4 heteroatoms. The third-order valence-corrected chi connectivity index (χ3v) is 4.67. The van der Waals surface area contributed by atoms with Crippen LogP contribution in [-0.2, 0) is 4.74 Å². The topological polar surface area (TPSA) is 38.5 Å². The summed E-state index contributed by atoms with van der Waals surface area (Å²) in [6.45, 7) is 1.80. The van der Waals surface area contributed by atoms with Gasteiger partial charge < -0.3 is 10.5 Å². The van der Waals surface area contributed by atoms with Gasteiger partial charge in [0.2, 0.25) is 0 Å². The van der Waals surface area contributed by atoms with Gasteiger partial charge in [-0.25, -0.2) is 0 Å². The molecule has 0 radical (unpaired) electrons. The Bertz CT molecular complexity index is 465. The van der Waals surface area contributed by atoms with Gasteiger partial charge in [0, 0.05) is 25.0 Å². The number of fused-ring (bicyclic) bond motifs is 1. The minimum atomic E-state index is 0.295. The minimum Gasteiger partial charge on any atom is -0.393 e. The summed E-state index contributed by atoms with van der Waals surface area (Å²) in [4.78, 5) is 3.18. The molecule has 3 unspecified atom stereocenters. The summed E-state index contributed by atoms with van der Waals surface area (Å²) >= 11 is 5.18. The third-order valence-electron chi connectivity index (χ3n) is 4.50. The van der Waals surface area contributed by atoms with Crippen molar-refractivity contribution in [1.82, 2.24) is 4.90 Å². The Labute approximate surface area is 126 Å². The van der Waals surface area contributed by atoms with Crippen molar-refractivity contribution in [2.75, 3.05) is 13.2 Å². The van der Waals surface area contributed by atoms with E-state index in [1.54, 1.807) is 0 Å². The number of thiocarbonyl (C=S) groups is 1. The fourth-order valence-electron chi connectivity index (χ4n) is 3.63. The maximum absolute atomic E-state index is 5.92. The zero-order valence-electron chi connectivity index (χ0n) is 11.7. The predicted molar refractivity (Wildman–Crippen MR) is 84.7 cm³/mol.